The molecule has 0 amide bonds. The normalized spacial score (nSPS) is 11.0. The molecular weight excluding hydrogens is 336 g/mol. The Labute approximate surface area is 149 Å². The van der Waals surface area contributed by atoms with E-state index in [1.165, 1.54) is 11.8 Å². The van der Waals surface area contributed by atoms with Crippen LogP contribution in [0.1, 0.15) is 27.3 Å². The summed E-state index contributed by atoms with van der Waals surface area (Å²) in [6, 6.07) is 11.8. The molecule has 0 aliphatic carbocycles. The SMILES string of the molecule is Cc1cc(C(=O)CSc2n[nH]c(=O)n2CCc2ccccc2)c(C)[nH]1. The summed E-state index contributed by atoms with van der Waals surface area (Å²) < 4.78 is 1.58. The maximum atomic E-state index is 12.4. The maximum Gasteiger partial charge on any atom is 0.343 e. The van der Waals surface area contributed by atoms with Crippen LogP contribution in [0, 0.1) is 13.8 Å². The molecular formula is C18H20N4O2S. The highest BCUT2D eigenvalue weighted by Gasteiger charge is 2.15. The first-order valence-corrected chi connectivity index (χ1v) is 9.04. The molecule has 0 saturated heterocycles. The van der Waals surface area contributed by atoms with Gasteiger partial charge in [0, 0.05) is 23.5 Å². The molecule has 0 aliphatic rings. The minimum Gasteiger partial charge on any atom is -0.362 e. The first-order chi connectivity index (χ1) is 12.0. The molecule has 0 aliphatic heterocycles. The molecule has 0 radical (unpaired) electrons. The molecule has 0 bridgehead atoms. The summed E-state index contributed by atoms with van der Waals surface area (Å²) in [5, 5.41) is 7.06. The van der Waals surface area contributed by atoms with Crippen LogP contribution in [0.15, 0.2) is 46.3 Å². The number of carbonyl (C=O) groups is 1. The Kier molecular flexibility index (Phi) is 5.23. The quantitative estimate of drug-likeness (QED) is 0.504. The Morgan fingerprint density at radius 3 is 2.68 bits per heavy atom. The van der Waals surface area contributed by atoms with Gasteiger partial charge in [0.15, 0.2) is 10.9 Å². The topological polar surface area (TPSA) is 83.5 Å². The van der Waals surface area contributed by atoms with Crippen LogP contribution in [0.25, 0.3) is 0 Å². The first-order valence-electron chi connectivity index (χ1n) is 8.06. The molecule has 2 heterocycles. The Bertz CT molecular complexity index is 924. The summed E-state index contributed by atoms with van der Waals surface area (Å²) in [5.74, 6) is 0.269. The van der Waals surface area contributed by atoms with Crippen molar-refractivity contribution in [3.8, 4) is 0 Å². The number of ketones is 1. The maximum absolute atomic E-state index is 12.4. The van der Waals surface area contributed by atoms with Gasteiger partial charge >= 0.3 is 5.69 Å². The number of Topliss-reactive ketones (excluding diaryl/α,β-unsaturated/α-hetero) is 1. The number of nitrogens with one attached hydrogen (secondary N) is 2. The van der Waals surface area contributed by atoms with Crippen molar-refractivity contribution in [1.82, 2.24) is 19.7 Å². The van der Waals surface area contributed by atoms with Crippen molar-refractivity contribution < 1.29 is 4.79 Å². The molecule has 3 rings (SSSR count). The summed E-state index contributed by atoms with van der Waals surface area (Å²) in [7, 11) is 0. The van der Waals surface area contributed by atoms with E-state index in [9.17, 15) is 9.59 Å². The van der Waals surface area contributed by atoms with Crippen LogP contribution >= 0.6 is 11.8 Å². The Morgan fingerprint density at radius 1 is 1.24 bits per heavy atom. The fourth-order valence-corrected chi connectivity index (χ4v) is 3.57. The average molecular weight is 356 g/mol. The van der Waals surface area contributed by atoms with Gasteiger partial charge in [-0.1, -0.05) is 42.1 Å². The number of nitrogens with zero attached hydrogens (tertiary/aromatic N) is 2. The second kappa shape index (κ2) is 7.57. The molecule has 2 aromatic heterocycles. The summed E-state index contributed by atoms with van der Waals surface area (Å²) in [6.45, 7) is 4.33. The Hall–Kier alpha value is -2.54. The van der Waals surface area contributed by atoms with Crippen LogP contribution < -0.4 is 5.69 Å². The number of carbonyl (C=O) groups excluding carboxylic acids is 1. The molecule has 7 heteroatoms. The minimum atomic E-state index is -0.250. The number of aryl methyl sites for hydroxylation is 3. The second-order valence-electron chi connectivity index (χ2n) is 5.90. The number of hydrogen-bond donors (Lipinski definition) is 2. The fourth-order valence-electron chi connectivity index (χ4n) is 2.72. The number of H-pyrrole nitrogens is 2. The van der Waals surface area contributed by atoms with Crippen LogP contribution in [-0.4, -0.2) is 31.3 Å². The number of aromatic nitrogens is 4. The van der Waals surface area contributed by atoms with Crippen molar-refractivity contribution >= 4 is 17.5 Å². The van der Waals surface area contributed by atoms with Gasteiger partial charge in [0.2, 0.25) is 0 Å². The van der Waals surface area contributed by atoms with Gasteiger partial charge in [-0.25, -0.2) is 9.89 Å². The summed E-state index contributed by atoms with van der Waals surface area (Å²) in [6.07, 6.45) is 0.734. The highest BCUT2D eigenvalue weighted by Crippen LogP contribution is 2.18. The number of benzene rings is 1. The van der Waals surface area contributed by atoms with Gasteiger partial charge in [0.1, 0.15) is 0 Å². The van der Waals surface area contributed by atoms with E-state index >= 15 is 0 Å². The monoisotopic (exact) mass is 356 g/mol. The third-order valence-electron chi connectivity index (χ3n) is 3.97. The molecule has 25 heavy (non-hydrogen) atoms. The third kappa shape index (κ3) is 4.11. The van der Waals surface area contributed by atoms with Crippen LogP contribution in [0.4, 0.5) is 0 Å². The molecule has 3 aromatic rings. The van der Waals surface area contributed by atoms with E-state index in [2.05, 4.69) is 15.2 Å². The van der Waals surface area contributed by atoms with Crippen molar-refractivity contribution in [2.24, 2.45) is 0 Å². The van der Waals surface area contributed by atoms with Gasteiger partial charge in [-0.15, -0.1) is 5.10 Å². The van der Waals surface area contributed by atoms with Crippen molar-refractivity contribution in [2.45, 2.75) is 32.0 Å². The molecule has 1 aromatic carbocycles. The van der Waals surface area contributed by atoms with Gasteiger partial charge in [-0.2, -0.15) is 0 Å². The zero-order chi connectivity index (χ0) is 17.8. The molecule has 0 spiro atoms. The Morgan fingerprint density at radius 2 is 2.00 bits per heavy atom. The minimum absolute atomic E-state index is 0.0249. The van der Waals surface area contributed by atoms with E-state index in [-0.39, 0.29) is 17.2 Å². The van der Waals surface area contributed by atoms with Crippen LogP contribution in [0.3, 0.4) is 0 Å². The smallest absolute Gasteiger partial charge is 0.343 e. The summed E-state index contributed by atoms with van der Waals surface area (Å²) in [5.41, 5.74) is 3.43. The van der Waals surface area contributed by atoms with Gasteiger partial charge in [0.05, 0.1) is 5.75 Å². The van der Waals surface area contributed by atoms with Crippen molar-refractivity contribution in [3.63, 3.8) is 0 Å². The zero-order valence-corrected chi connectivity index (χ0v) is 15.0. The van der Waals surface area contributed by atoms with E-state index in [0.717, 1.165) is 23.4 Å². The predicted octanol–water partition coefficient (Wildman–Crippen LogP) is 2.73. The lowest BCUT2D eigenvalue weighted by atomic mass is 10.1. The average Bonchev–Trinajstić information content (AvgIpc) is 3.13. The summed E-state index contributed by atoms with van der Waals surface area (Å²) >= 11 is 1.28. The van der Waals surface area contributed by atoms with E-state index in [4.69, 9.17) is 0 Å². The highest BCUT2D eigenvalue weighted by atomic mass is 32.2. The largest absolute Gasteiger partial charge is 0.362 e. The van der Waals surface area contributed by atoms with Crippen LogP contribution in [0.5, 0.6) is 0 Å². The number of thioether (sulfide) groups is 1. The molecule has 0 unspecified atom stereocenters. The van der Waals surface area contributed by atoms with Gasteiger partial charge in [0.25, 0.3) is 0 Å². The molecule has 0 atom stereocenters. The number of rotatable bonds is 7. The lowest BCUT2D eigenvalue weighted by molar-refractivity contribution is 0.102. The Balaban J connectivity index is 1.66. The fraction of sp³-hybridized carbons (Fsp3) is 0.278. The highest BCUT2D eigenvalue weighted by molar-refractivity contribution is 7.99. The zero-order valence-electron chi connectivity index (χ0n) is 14.2. The third-order valence-corrected chi connectivity index (χ3v) is 4.95. The van der Waals surface area contributed by atoms with E-state index in [0.29, 0.717) is 17.3 Å². The van der Waals surface area contributed by atoms with Gasteiger partial charge in [-0.05, 0) is 31.9 Å². The van der Waals surface area contributed by atoms with Crippen LogP contribution in [-0.2, 0) is 13.0 Å². The van der Waals surface area contributed by atoms with Crippen molar-refractivity contribution in [2.75, 3.05) is 5.75 Å². The predicted molar refractivity (Wildman–Crippen MR) is 98.3 cm³/mol. The molecule has 2 N–H and O–H groups in total. The lowest BCUT2D eigenvalue weighted by Gasteiger charge is -2.05. The van der Waals surface area contributed by atoms with Crippen LogP contribution in [0.2, 0.25) is 0 Å². The van der Waals surface area contributed by atoms with Gasteiger partial charge < -0.3 is 4.98 Å². The molecule has 0 saturated carbocycles. The number of hydrogen-bond acceptors (Lipinski definition) is 4. The van der Waals surface area contributed by atoms with E-state index in [1.54, 1.807) is 4.57 Å². The number of aromatic amines is 2. The second-order valence-corrected chi connectivity index (χ2v) is 6.84. The van der Waals surface area contributed by atoms with Crippen molar-refractivity contribution in [1.29, 1.82) is 0 Å². The molecule has 0 fully saturated rings. The molecule has 130 valence electrons. The molecule has 6 nitrogen and oxygen atoms in total. The standard InChI is InChI=1S/C18H20N4O2S/c1-12-10-15(13(2)19-12)16(23)11-25-18-21-20-17(24)22(18)9-8-14-6-4-3-5-7-14/h3-7,10,19H,8-9,11H2,1-2H3,(H,20,24). The van der Waals surface area contributed by atoms with E-state index in [1.807, 2.05) is 50.2 Å². The first kappa shape index (κ1) is 17.3. The van der Waals surface area contributed by atoms with Gasteiger partial charge in [-0.3, -0.25) is 9.36 Å². The van der Waals surface area contributed by atoms with Crippen molar-refractivity contribution in [3.05, 3.63) is 69.4 Å². The summed E-state index contributed by atoms with van der Waals surface area (Å²) in [4.78, 5) is 27.5. The lowest BCUT2D eigenvalue weighted by Crippen LogP contribution is -2.19. The van der Waals surface area contributed by atoms with E-state index < -0.39 is 0 Å².